The Morgan fingerprint density at radius 2 is 1.83 bits per heavy atom. The van der Waals surface area contributed by atoms with E-state index in [2.05, 4.69) is 15.1 Å². The minimum atomic E-state index is -2.55. The maximum Gasteiger partial charge on any atom is 0.291 e. The first-order valence-corrected chi connectivity index (χ1v) is 8.34. The summed E-state index contributed by atoms with van der Waals surface area (Å²) in [7, 11) is 0. The topological polar surface area (TPSA) is 41.5 Å². The number of anilines is 2. The quantitative estimate of drug-likeness (QED) is 0.836. The summed E-state index contributed by atoms with van der Waals surface area (Å²) in [6, 6.07) is 7.95. The average Bonchev–Trinajstić information content (AvgIpc) is 3.06. The van der Waals surface area contributed by atoms with Crippen molar-refractivity contribution in [2.75, 3.05) is 42.6 Å². The van der Waals surface area contributed by atoms with E-state index >= 15 is 0 Å². The van der Waals surface area contributed by atoms with E-state index in [0.717, 1.165) is 49.0 Å². The normalized spacial score (nSPS) is 15.3. The van der Waals surface area contributed by atoms with Crippen molar-refractivity contribution in [1.82, 2.24) is 10.2 Å². The van der Waals surface area contributed by atoms with Crippen LogP contribution in [0.1, 0.15) is 18.4 Å². The number of para-hydroxylation sites is 2. The molecule has 3 rings (SSSR count). The van der Waals surface area contributed by atoms with Crippen molar-refractivity contribution in [3.8, 4) is 5.75 Å². The molecule has 0 radical (unpaired) electrons. The van der Waals surface area contributed by atoms with Gasteiger partial charge in [0.05, 0.1) is 12.3 Å². The second-order valence-electron chi connectivity index (χ2n) is 5.10. The Bertz CT molecular complexity index is 644. The molecule has 0 bridgehead atoms. The molecule has 2 heterocycles. The summed E-state index contributed by atoms with van der Waals surface area (Å²) >= 11 is 0.966. The van der Waals surface area contributed by atoms with Gasteiger partial charge in [-0.3, -0.25) is 0 Å². The summed E-state index contributed by atoms with van der Waals surface area (Å²) in [4.78, 5) is 4.25. The molecule has 1 fully saturated rings. The highest BCUT2D eigenvalue weighted by Gasteiger charge is 2.23. The number of ether oxygens (including phenoxy) is 1. The molecule has 0 saturated carbocycles. The van der Waals surface area contributed by atoms with Gasteiger partial charge in [0.2, 0.25) is 5.13 Å². The van der Waals surface area contributed by atoms with Crippen LogP contribution in [0.3, 0.4) is 0 Å². The molecule has 124 valence electrons. The fraction of sp³-hybridized carbons (Fsp3) is 0.467. The summed E-state index contributed by atoms with van der Waals surface area (Å²) in [5.74, 6) is 0.874. The molecule has 8 heteroatoms. The number of nitrogens with zero attached hydrogens (tertiary/aromatic N) is 4. The fourth-order valence-electron chi connectivity index (χ4n) is 2.58. The molecule has 0 atom stereocenters. The molecule has 2 aromatic rings. The van der Waals surface area contributed by atoms with Gasteiger partial charge in [-0.15, -0.1) is 10.2 Å². The van der Waals surface area contributed by atoms with Crippen LogP contribution in [0.5, 0.6) is 5.75 Å². The molecule has 23 heavy (non-hydrogen) atoms. The van der Waals surface area contributed by atoms with Crippen LogP contribution < -0.4 is 14.5 Å². The van der Waals surface area contributed by atoms with Crippen LogP contribution >= 0.6 is 11.3 Å². The average molecular weight is 340 g/mol. The van der Waals surface area contributed by atoms with Crippen LogP contribution in [-0.4, -0.2) is 43.0 Å². The van der Waals surface area contributed by atoms with E-state index < -0.39 is 6.43 Å². The predicted molar refractivity (Wildman–Crippen MR) is 86.9 cm³/mol. The maximum absolute atomic E-state index is 12.6. The smallest absolute Gasteiger partial charge is 0.291 e. The molecule has 1 aliphatic rings. The number of hydrogen-bond acceptors (Lipinski definition) is 6. The first-order chi connectivity index (χ1) is 11.2. The van der Waals surface area contributed by atoms with Crippen molar-refractivity contribution < 1.29 is 13.5 Å². The molecule has 1 saturated heterocycles. The number of hydrogen-bond donors (Lipinski definition) is 0. The largest absolute Gasteiger partial charge is 0.492 e. The lowest BCUT2D eigenvalue weighted by atomic mass is 10.2. The van der Waals surface area contributed by atoms with Crippen LogP contribution in [0.2, 0.25) is 0 Å². The van der Waals surface area contributed by atoms with Gasteiger partial charge in [-0.25, -0.2) is 8.78 Å². The third-order valence-corrected chi connectivity index (χ3v) is 4.66. The molecule has 1 aromatic carbocycles. The summed E-state index contributed by atoms with van der Waals surface area (Å²) < 4.78 is 30.9. The molecule has 0 unspecified atom stereocenters. The maximum atomic E-state index is 12.6. The molecule has 1 aromatic heterocycles. The van der Waals surface area contributed by atoms with Gasteiger partial charge in [0.25, 0.3) is 6.43 Å². The first-order valence-electron chi connectivity index (χ1n) is 7.52. The van der Waals surface area contributed by atoms with Gasteiger partial charge in [-0.2, -0.15) is 0 Å². The minimum Gasteiger partial charge on any atom is -0.492 e. The summed E-state index contributed by atoms with van der Waals surface area (Å²) in [5, 5.41) is 7.78. The van der Waals surface area contributed by atoms with E-state index in [9.17, 15) is 8.78 Å². The molecule has 0 spiro atoms. The van der Waals surface area contributed by atoms with Crippen molar-refractivity contribution in [2.45, 2.75) is 13.3 Å². The second kappa shape index (κ2) is 7.08. The van der Waals surface area contributed by atoms with E-state index in [4.69, 9.17) is 4.74 Å². The van der Waals surface area contributed by atoms with Gasteiger partial charge in [-0.05, 0) is 19.1 Å². The summed E-state index contributed by atoms with van der Waals surface area (Å²) in [5.41, 5.74) is 1.07. The van der Waals surface area contributed by atoms with Crippen LogP contribution in [0, 0.1) is 0 Å². The van der Waals surface area contributed by atoms with E-state index in [1.54, 1.807) is 0 Å². The molecule has 1 aliphatic heterocycles. The zero-order valence-electron chi connectivity index (χ0n) is 12.8. The number of rotatable bonds is 5. The van der Waals surface area contributed by atoms with Crippen molar-refractivity contribution in [3.63, 3.8) is 0 Å². The summed E-state index contributed by atoms with van der Waals surface area (Å²) in [6.07, 6.45) is -2.55. The number of alkyl halides is 2. The van der Waals surface area contributed by atoms with E-state index in [1.807, 2.05) is 36.1 Å². The second-order valence-corrected chi connectivity index (χ2v) is 6.09. The van der Waals surface area contributed by atoms with E-state index in [0.29, 0.717) is 11.7 Å². The van der Waals surface area contributed by atoms with Gasteiger partial charge in [0.15, 0.2) is 5.01 Å². The van der Waals surface area contributed by atoms with Gasteiger partial charge in [0, 0.05) is 26.2 Å². The number of benzene rings is 1. The van der Waals surface area contributed by atoms with Gasteiger partial charge in [-0.1, -0.05) is 23.5 Å². The van der Waals surface area contributed by atoms with Crippen LogP contribution in [0.25, 0.3) is 0 Å². The van der Waals surface area contributed by atoms with Crippen molar-refractivity contribution in [1.29, 1.82) is 0 Å². The SMILES string of the molecule is CCOc1ccccc1N1CCN(c2nnc(C(F)F)s2)CC1. The molecule has 0 amide bonds. The standard InChI is InChI=1S/C15H18F2N4OS/c1-2-22-12-6-4-3-5-11(12)20-7-9-21(10-8-20)15-19-18-14(23-15)13(16)17/h3-6,13H,2,7-10H2,1H3. The van der Waals surface area contributed by atoms with Gasteiger partial charge >= 0.3 is 0 Å². The van der Waals surface area contributed by atoms with Crippen molar-refractivity contribution in [2.24, 2.45) is 0 Å². The highest BCUT2D eigenvalue weighted by atomic mass is 32.1. The van der Waals surface area contributed by atoms with Crippen LogP contribution in [0.15, 0.2) is 24.3 Å². The molecule has 0 N–H and O–H groups in total. The lowest BCUT2D eigenvalue weighted by Gasteiger charge is -2.36. The Morgan fingerprint density at radius 3 is 2.48 bits per heavy atom. The van der Waals surface area contributed by atoms with E-state index in [-0.39, 0.29) is 5.01 Å². The molecular formula is C15H18F2N4OS. The number of aromatic nitrogens is 2. The Balaban J connectivity index is 1.66. The third kappa shape index (κ3) is 3.52. The Kier molecular flexibility index (Phi) is 4.90. The van der Waals surface area contributed by atoms with Crippen molar-refractivity contribution in [3.05, 3.63) is 29.3 Å². The number of piperazine rings is 1. The zero-order valence-corrected chi connectivity index (χ0v) is 13.6. The Labute approximate surface area is 137 Å². The van der Waals surface area contributed by atoms with Gasteiger partial charge in [0.1, 0.15) is 5.75 Å². The van der Waals surface area contributed by atoms with Crippen molar-refractivity contribution >= 4 is 22.2 Å². The Hall–Kier alpha value is -1.96. The highest BCUT2D eigenvalue weighted by Crippen LogP contribution is 2.31. The highest BCUT2D eigenvalue weighted by molar-refractivity contribution is 7.15. The Morgan fingerprint density at radius 1 is 1.13 bits per heavy atom. The lowest BCUT2D eigenvalue weighted by molar-refractivity contribution is 0.150. The third-order valence-electron chi connectivity index (χ3n) is 3.67. The first kappa shape index (κ1) is 15.9. The van der Waals surface area contributed by atoms with E-state index in [1.165, 1.54) is 0 Å². The monoisotopic (exact) mass is 340 g/mol. The zero-order chi connectivity index (χ0) is 16.2. The van der Waals surface area contributed by atoms with Crippen LogP contribution in [0.4, 0.5) is 19.6 Å². The van der Waals surface area contributed by atoms with Gasteiger partial charge < -0.3 is 14.5 Å². The fourth-order valence-corrected chi connectivity index (χ4v) is 3.33. The molecule has 0 aliphatic carbocycles. The van der Waals surface area contributed by atoms with Crippen LogP contribution in [-0.2, 0) is 0 Å². The predicted octanol–water partition coefficient (Wildman–Crippen LogP) is 3.20. The summed E-state index contributed by atoms with van der Waals surface area (Å²) in [6.45, 7) is 5.60. The lowest BCUT2D eigenvalue weighted by Crippen LogP contribution is -2.46. The molecular weight excluding hydrogens is 322 g/mol. The number of halogens is 2. The molecule has 5 nitrogen and oxygen atoms in total. The minimum absolute atomic E-state index is 0.218.